The van der Waals surface area contributed by atoms with Crippen molar-refractivity contribution in [2.45, 2.75) is 44.8 Å². The van der Waals surface area contributed by atoms with E-state index in [9.17, 15) is 0 Å². The molecule has 1 heterocycles. The van der Waals surface area contributed by atoms with Gasteiger partial charge in [-0.25, -0.2) is 4.98 Å². The fraction of sp³-hybridized carbons (Fsp3) is 0.350. The quantitative estimate of drug-likeness (QED) is 0.652. The van der Waals surface area contributed by atoms with E-state index in [1.54, 1.807) is 0 Å². The molecule has 0 aliphatic heterocycles. The summed E-state index contributed by atoms with van der Waals surface area (Å²) in [5, 5.41) is 0. The first kappa shape index (κ1) is 14.5. The zero-order chi connectivity index (χ0) is 15.5. The molecule has 3 aromatic rings. The van der Waals surface area contributed by atoms with Gasteiger partial charge in [-0.2, -0.15) is 0 Å². The minimum absolute atomic E-state index is 0.428. The first-order valence-electron chi connectivity index (χ1n) is 8.45. The maximum absolute atomic E-state index is 6.07. The topological polar surface area (TPSA) is 35.3 Å². The normalized spacial score (nSPS) is 16.0. The molecule has 1 saturated carbocycles. The van der Waals surface area contributed by atoms with Crippen LogP contribution in [-0.2, 0) is 11.3 Å². The predicted molar refractivity (Wildman–Crippen MR) is 91.1 cm³/mol. The van der Waals surface area contributed by atoms with E-state index in [4.69, 9.17) is 9.15 Å². The van der Waals surface area contributed by atoms with E-state index in [1.807, 2.05) is 36.4 Å². The van der Waals surface area contributed by atoms with Crippen molar-refractivity contribution in [1.29, 1.82) is 0 Å². The second-order valence-corrected chi connectivity index (χ2v) is 6.26. The molecule has 2 aromatic carbocycles. The van der Waals surface area contributed by atoms with Gasteiger partial charge in [0, 0.05) is 5.56 Å². The summed E-state index contributed by atoms with van der Waals surface area (Å²) < 4.78 is 11.9. The highest BCUT2D eigenvalue weighted by molar-refractivity contribution is 5.76. The fourth-order valence-electron chi connectivity index (χ4n) is 3.24. The molecule has 1 fully saturated rings. The van der Waals surface area contributed by atoms with Gasteiger partial charge in [-0.3, -0.25) is 0 Å². The lowest BCUT2D eigenvalue weighted by Crippen LogP contribution is -2.16. The molecule has 0 spiro atoms. The SMILES string of the molecule is c1cc(COC2CCCCC2)cc(-c2nc3ccccc3o2)c1. The van der Waals surface area contributed by atoms with Crippen molar-refractivity contribution in [3.8, 4) is 11.5 Å². The Balaban J connectivity index is 1.51. The third-order valence-corrected chi connectivity index (χ3v) is 4.51. The van der Waals surface area contributed by atoms with E-state index in [1.165, 1.54) is 37.7 Å². The minimum Gasteiger partial charge on any atom is -0.436 e. The average Bonchev–Trinajstić information content (AvgIpc) is 3.05. The highest BCUT2D eigenvalue weighted by atomic mass is 16.5. The van der Waals surface area contributed by atoms with Crippen LogP contribution in [-0.4, -0.2) is 11.1 Å². The molecule has 0 atom stereocenters. The van der Waals surface area contributed by atoms with Gasteiger partial charge in [0.1, 0.15) is 5.52 Å². The molecule has 0 unspecified atom stereocenters. The van der Waals surface area contributed by atoms with Crippen LogP contribution in [0.4, 0.5) is 0 Å². The Morgan fingerprint density at radius 3 is 2.74 bits per heavy atom. The highest BCUT2D eigenvalue weighted by Gasteiger charge is 2.14. The molecule has 0 radical (unpaired) electrons. The number of nitrogens with zero attached hydrogens (tertiary/aromatic N) is 1. The molecule has 1 aliphatic rings. The number of hydrogen-bond donors (Lipinski definition) is 0. The third-order valence-electron chi connectivity index (χ3n) is 4.51. The van der Waals surface area contributed by atoms with Crippen molar-refractivity contribution in [2.24, 2.45) is 0 Å². The maximum Gasteiger partial charge on any atom is 0.227 e. The molecule has 3 heteroatoms. The van der Waals surface area contributed by atoms with Gasteiger partial charge in [-0.1, -0.05) is 43.5 Å². The second-order valence-electron chi connectivity index (χ2n) is 6.26. The molecular weight excluding hydrogens is 286 g/mol. The Bertz CT molecular complexity index is 754. The van der Waals surface area contributed by atoms with Crippen molar-refractivity contribution >= 4 is 11.1 Å². The van der Waals surface area contributed by atoms with Crippen molar-refractivity contribution in [3.63, 3.8) is 0 Å². The van der Waals surface area contributed by atoms with E-state index in [-0.39, 0.29) is 0 Å². The molecular formula is C20H21NO2. The number of rotatable bonds is 4. The van der Waals surface area contributed by atoms with Crippen LogP contribution in [0, 0.1) is 0 Å². The molecule has 118 valence electrons. The predicted octanol–water partition coefficient (Wildman–Crippen LogP) is 5.34. The van der Waals surface area contributed by atoms with Crippen LogP contribution in [0.3, 0.4) is 0 Å². The molecule has 4 rings (SSSR count). The molecule has 1 aliphatic carbocycles. The largest absolute Gasteiger partial charge is 0.436 e. The second kappa shape index (κ2) is 6.55. The number of ether oxygens (including phenoxy) is 1. The Morgan fingerprint density at radius 1 is 1.00 bits per heavy atom. The van der Waals surface area contributed by atoms with Crippen molar-refractivity contribution in [3.05, 3.63) is 54.1 Å². The molecule has 0 N–H and O–H groups in total. The van der Waals surface area contributed by atoms with Gasteiger partial charge in [0.05, 0.1) is 12.7 Å². The first-order valence-corrected chi connectivity index (χ1v) is 8.45. The first-order chi connectivity index (χ1) is 11.4. The number of hydrogen-bond acceptors (Lipinski definition) is 3. The summed E-state index contributed by atoms with van der Waals surface area (Å²) in [4.78, 5) is 4.57. The summed E-state index contributed by atoms with van der Waals surface area (Å²) in [5.74, 6) is 0.672. The average molecular weight is 307 g/mol. The molecule has 0 bridgehead atoms. The summed E-state index contributed by atoms with van der Waals surface area (Å²) >= 11 is 0. The number of benzene rings is 2. The zero-order valence-corrected chi connectivity index (χ0v) is 13.2. The van der Waals surface area contributed by atoms with Gasteiger partial charge in [-0.15, -0.1) is 0 Å². The Kier molecular flexibility index (Phi) is 4.12. The van der Waals surface area contributed by atoms with Crippen molar-refractivity contribution < 1.29 is 9.15 Å². The molecule has 0 amide bonds. The smallest absolute Gasteiger partial charge is 0.227 e. The summed E-state index contributed by atoms with van der Waals surface area (Å²) in [5.41, 5.74) is 3.90. The third kappa shape index (κ3) is 3.30. The zero-order valence-electron chi connectivity index (χ0n) is 13.2. The van der Waals surface area contributed by atoms with Gasteiger partial charge in [0.2, 0.25) is 5.89 Å². The van der Waals surface area contributed by atoms with Crippen LogP contribution in [0.25, 0.3) is 22.6 Å². The van der Waals surface area contributed by atoms with Crippen LogP contribution < -0.4 is 0 Å². The van der Waals surface area contributed by atoms with Crippen LogP contribution >= 0.6 is 0 Å². The summed E-state index contributed by atoms with van der Waals surface area (Å²) in [7, 11) is 0. The van der Waals surface area contributed by atoms with E-state index in [0.717, 1.165) is 16.7 Å². The lowest BCUT2D eigenvalue weighted by atomic mass is 9.98. The van der Waals surface area contributed by atoms with E-state index >= 15 is 0 Å². The van der Waals surface area contributed by atoms with Crippen molar-refractivity contribution in [2.75, 3.05) is 0 Å². The number of fused-ring (bicyclic) bond motifs is 1. The molecule has 23 heavy (non-hydrogen) atoms. The van der Waals surface area contributed by atoms with E-state index < -0.39 is 0 Å². The van der Waals surface area contributed by atoms with Crippen LogP contribution in [0.15, 0.2) is 52.9 Å². The summed E-state index contributed by atoms with van der Waals surface area (Å²) in [6.07, 6.45) is 6.78. The van der Waals surface area contributed by atoms with Crippen molar-refractivity contribution in [1.82, 2.24) is 4.98 Å². The monoisotopic (exact) mass is 307 g/mol. The summed E-state index contributed by atoms with van der Waals surface area (Å²) in [6.45, 7) is 0.665. The van der Waals surface area contributed by atoms with Crippen LogP contribution in [0.5, 0.6) is 0 Å². The Labute approximate surface area is 136 Å². The lowest BCUT2D eigenvalue weighted by Gasteiger charge is -2.22. The van der Waals surface area contributed by atoms with Gasteiger partial charge < -0.3 is 9.15 Å². The lowest BCUT2D eigenvalue weighted by molar-refractivity contribution is 0.0169. The Morgan fingerprint density at radius 2 is 1.87 bits per heavy atom. The number of oxazole rings is 1. The van der Waals surface area contributed by atoms with Crippen LogP contribution in [0.2, 0.25) is 0 Å². The number of aromatic nitrogens is 1. The summed E-state index contributed by atoms with van der Waals surface area (Å²) in [6, 6.07) is 16.2. The fourth-order valence-corrected chi connectivity index (χ4v) is 3.24. The molecule has 1 aromatic heterocycles. The molecule has 3 nitrogen and oxygen atoms in total. The van der Waals surface area contributed by atoms with Gasteiger partial charge in [0.25, 0.3) is 0 Å². The van der Waals surface area contributed by atoms with Gasteiger partial charge >= 0.3 is 0 Å². The standard InChI is InChI=1S/C20H21NO2/c1-2-9-17(10-3-1)22-14-15-7-6-8-16(13-15)20-21-18-11-4-5-12-19(18)23-20/h4-8,11-13,17H,1-3,9-10,14H2. The van der Waals surface area contributed by atoms with Gasteiger partial charge in [-0.05, 0) is 42.7 Å². The highest BCUT2D eigenvalue weighted by Crippen LogP contribution is 2.26. The minimum atomic E-state index is 0.428. The van der Waals surface area contributed by atoms with E-state index in [0.29, 0.717) is 18.6 Å². The molecule has 0 saturated heterocycles. The van der Waals surface area contributed by atoms with Gasteiger partial charge in [0.15, 0.2) is 5.58 Å². The van der Waals surface area contributed by atoms with Crippen LogP contribution in [0.1, 0.15) is 37.7 Å². The Hall–Kier alpha value is -2.13. The van der Waals surface area contributed by atoms with E-state index in [2.05, 4.69) is 17.1 Å². The maximum atomic E-state index is 6.07. The number of para-hydroxylation sites is 2.